The van der Waals surface area contributed by atoms with E-state index >= 15 is 0 Å². The Morgan fingerprint density at radius 1 is 0.974 bits per heavy atom. The minimum atomic E-state index is -0.391. The number of carbonyl (C=O) groups excluding carboxylic acids is 1. The van der Waals surface area contributed by atoms with Crippen LogP contribution in [0.5, 0.6) is 23.0 Å². The van der Waals surface area contributed by atoms with Gasteiger partial charge in [0.1, 0.15) is 5.75 Å². The van der Waals surface area contributed by atoms with Crippen molar-refractivity contribution >= 4 is 5.91 Å². The van der Waals surface area contributed by atoms with Crippen molar-refractivity contribution in [3.05, 3.63) is 83.2 Å². The molecule has 3 aromatic rings. The summed E-state index contributed by atoms with van der Waals surface area (Å²) >= 11 is 0. The average molecular weight is 536 g/mol. The van der Waals surface area contributed by atoms with Crippen LogP contribution in [0, 0.1) is 5.82 Å². The number of hydrogen-bond donors (Lipinski definition) is 1. The molecule has 0 aliphatic carbocycles. The van der Waals surface area contributed by atoms with Gasteiger partial charge in [-0.15, -0.1) is 0 Å². The van der Waals surface area contributed by atoms with E-state index in [1.54, 1.807) is 19.2 Å². The summed E-state index contributed by atoms with van der Waals surface area (Å²) in [6, 6.07) is 18.3. The van der Waals surface area contributed by atoms with Crippen molar-refractivity contribution in [3.63, 3.8) is 0 Å². The van der Waals surface area contributed by atoms with E-state index < -0.39 is 5.82 Å². The number of nitrogens with one attached hydrogen (secondary N) is 1. The fourth-order valence-corrected chi connectivity index (χ4v) is 5.14. The average Bonchev–Trinajstić information content (AvgIpc) is 3.28. The number of benzene rings is 3. The van der Waals surface area contributed by atoms with Crippen LogP contribution in [0.4, 0.5) is 4.39 Å². The number of rotatable bonds is 4. The van der Waals surface area contributed by atoms with Gasteiger partial charge in [0.25, 0.3) is 0 Å². The Morgan fingerprint density at radius 3 is 2.64 bits per heavy atom. The predicted octanol–water partition coefficient (Wildman–Crippen LogP) is 3.97. The van der Waals surface area contributed by atoms with E-state index in [4.69, 9.17) is 18.9 Å². The lowest BCUT2D eigenvalue weighted by Crippen LogP contribution is -2.47. The molecule has 0 spiro atoms. The molecule has 1 fully saturated rings. The summed E-state index contributed by atoms with van der Waals surface area (Å²) < 4.78 is 37.1. The number of carbonyl (C=O) groups is 1. The lowest BCUT2D eigenvalue weighted by molar-refractivity contribution is -0.123. The number of hydrogen-bond acceptors (Lipinski definition) is 7. The summed E-state index contributed by atoms with van der Waals surface area (Å²) in [7, 11) is 4.98. The largest absolute Gasteiger partial charge is 0.494 e. The second kappa shape index (κ2) is 12.0. The van der Waals surface area contributed by atoms with Gasteiger partial charge in [0.05, 0.1) is 39.5 Å². The molecule has 1 N–H and O–H groups in total. The van der Waals surface area contributed by atoms with Crippen LogP contribution in [0.25, 0.3) is 0 Å². The minimum absolute atomic E-state index is 0.0690. The van der Waals surface area contributed by atoms with Crippen LogP contribution in [0.1, 0.15) is 16.7 Å². The maximum Gasteiger partial charge on any atom is 0.234 e. The van der Waals surface area contributed by atoms with E-state index in [1.165, 1.54) is 13.2 Å². The first-order chi connectivity index (χ1) is 18.9. The smallest absolute Gasteiger partial charge is 0.234 e. The van der Waals surface area contributed by atoms with E-state index in [0.29, 0.717) is 50.0 Å². The van der Waals surface area contributed by atoms with Gasteiger partial charge in [0, 0.05) is 26.2 Å². The monoisotopic (exact) mass is 535 g/mol. The number of nitrogens with zero attached hydrogens (tertiary/aromatic N) is 2. The highest BCUT2D eigenvalue weighted by Crippen LogP contribution is 2.33. The van der Waals surface area contributed by atoms with Crippen LogP contribution in [-0.2, 0) is 29.2 Å². The number of fused-ring (bicyclic) bond motifs is 5. The molecule has 2 aliphatic heterocycles. The van der Waals surface area contributed by atoms with Crippen LogP contribution < -0.4 is 19.5 Å². The maximum absolute atomic E-state index is 13.9. The third kappa shape index (κ3) is 6.68. The molecule has 9 heteroatoms. The lowest BCUT2D eigenvalue weighted by atomic mass is 10.1. The molecule has 8 nitrogen and oxygen atoms in total. The summed E-state index contributed by atoms with van der Waals surface area (Å²) in [5.74, 6) is 1.69. The third-order valence-corrected chi connectivity index (χ3v) is 6.99. The van der Waals surface area contributed by atoms with Crippen LogP contribution >= 0.6 is 0 Å². The highest BCUT2D eigenvalue weighted by atomic mass is 19.1. The molecule has 39 heavy (non-hydrogen) atoms. The second-order valence-electron chi connectivity index (χ2n) is 10.1. The highest BCUT2D eigenvalue weighted by Gasteiger charge is 2.35. The SMILES string of the molecule is COc1cc(CN2C[C@@H]3NC(=O)CN(C)Cc4ccc(OC)c(c4)Oc4cccc(c4)CO[C@H]3C2)ccc1F. The van der Waals surface area contributed by atoms with E-state index in [2.05, 4.69) is 10.2 Å². The van der Waals surface area contributed by atoms with Crippen molar-refractivity contribution in [3.8, 4) is 23.0 Å². The number of likely N-dealkylation sites (N-methyl/N-ethyl adjacent to an activating group) is 1. The molecule has 0 radical (unpaired) electrons. The standard InChI is InChI=1S/C30H34FN3O5/c1-33-14-20-8-10-26(36-2)28(13-20)39-23-6-4-5-22(11-23)19-38-29-17-34(16-25(29)32-30(35)18-33)15-21-7-9-24(31)27(12-21)37-3/h4-13,25,29H,14-19H2,1-3H3,(H,32,35)/t25-,29-/m0/s1. The number of halogens is 1. The number of ether oxygens (including phenoxy) is 4. The first-order valence-electron chi connectivity index (χ1n) is 13.0. The van der Waals surface area contributed by atoms with Crippen molar-refractivity contribution < 1.29 is 28.1 Å². The third-order valence-electron chi connectivity index (χ3n) is 6.99. The molecule has 1 amide bonds. The molecule has 4 bridgehead atoms. The van der Waals surface area contributed by atoms with E-state index in [-0.39, 0.29) is 30.3 Å². The van der Waals surface area contributed by atoms with Gasteiger partial charge in [-0.1, -0.05) is 24.3 Å². The van der Waals surface area contributed by atoms with Crippen LogP contribution in [0.3, 0.4) is 0 Å². The molecule has 0 unspecified atom stereocenters. The van der Waals surface area contributed by atoms with Crippen LogP contribution in [-0.4, -0.2) is 68.8 Å². The van der Waals surface area contributed by atoms with Crippen LogP contribution in [0.2, 0.25) is 0 Å². The normalized spacial score (nSPS) is 20.6. The van der Waals surface area contributed by atoms with Gasteiger partial charge in [-0.05, 0) is 60.1 Å². The Labute approximate surface area is 228 Å². The molecular formula is C30H34FN3O5. The van der Waals surface area contributed by atoms with Gasteiger partial charge in [-0.25, -0.2) is 4.39 Å². The Morgan fingerprint density at radius 2 is 1.82 bits per heavy atom. The summed E-state index contributed by atoms with van der Waals surface area (Å²) in [6.45, 7) is 2.99. The Kier molecular flexibility index (Phi) is 8.30. The topological polar surface area (TPSA) is 72.5 Å². The molecule has 0 aromatic heterocycles. The zero-order chi connectivity index (χ0) is 27.4. The zero-order valence-electron chi connectivity index (χ0n) is 22.5. The minimum Gasteiger partial charge on any atom is -0.494 e. The summed E-state index contributed by atoms with van der Waals surface area (Å²) in [4.78, 5) is 17.2. The molecule has 2 aliphatic rings. The van der Waals surface area contributed by atoms with Gasteiger partial charge in [-0.3, -0.25) is 14.6 Å². The van der Waals surface area contributed by atoms with Crippen molar-refractivity contribution in [2.45, 2.75) is 31.8 Å². The van der Waals surface area contributed by atoms with Crippen LogP contribution in [0.15, 0.2) is 60.7 Å². The van der Waals surface area contributed by atoms with Gasteiger partial charge in [-0.2, -0.15) is 0 Å². The Balaban J connectivity index is 1.37. The summed E-state index contributed by atoms with van der Waals surface area (Å²) in [5.41, 5.74) is 2.90. The van der Waals surface area contributed by atoms with Crippen molar-refractivity contribution in [2.24, 2.45) is 0 Å². The molecule has 3 aromatic carbocycles. The van der Waals surface area contributed by atoms with Crippen molar-refractivity contribution in [1.82, 2.24) is 15.1 Å². The fourth-order valence-electron chi connectivity index (χ4n) is 5.14. The second-order valence-corrected chi connectivity index (χ2v) is 10.1. The van der Waals surface area contributed by atoms with E-state index in [9.17, 15) is 9.18 Å². The molecule has 2 heterocycles. The maximum atomic E-state index is 13.9. The number of likely N-dealkylation sites (tertiary alicyclic amines) is 1. The van der Waals surface area contributed by atoms with Crippen molar-refractivity contribution in [1.29, 1.82) is 0 Å². The quantitative estimate of drug-likeness (QED) is 0.542. The number of amides is 1. The fraction of sp³-hybridized carbons (Fsp3) is 0.367. The van der Waals surface area contributed by atoms with Gasteiger partial charge < -0.3 is 24.3 Å². The molecule has 2 atom stereocenters. The van der Waals surface area contributed by atoms with Crippen molar-refractivity contribution in [2.75, 3.05) is 40.9 Å². The lowest BCUT2D eigenvalue weighted by Gasteiger charge is -2.23. The Bertz CT molecular complexity index is 1320. The first kappa shape index (κ1) is 26.9. The molecule has 0 saturated carbocycles. The van der Waals surface area contributed by atoms with Gasteiger partial charge >= 0.3 is 0 Å². The molecule has 5 rings (SSSR count). The van der Waals surface area contributed by atoms with E-state index in [0.717, 1.165) is 16.7 Å². The summed E-state index contributed by atoms with van der Waals surface area (Å²) in [6.07, 6.45) is -0.216. The highest BCUT2D eigenvalue weighted by molar-refractivity contribution is 5.78. The van der Waals surface area contributed by atoms with Gasteiger partial charge in [0.2, 0.25) is 5.91 Å². The summed E-state index contributed by atoms with van der Waals surface area (Å²) in [5, 5.41) is 3.19. The number of methoxy groups -OCH3 is 2. The predicted molar refractivity (Wildman–Crippen MR) is 145 cm³/mol. The molecule has 206 valence electrons. The molecule has 1 saturated heterocycles. The Hall–Kier alpha value is -3.66. The first-order valence-corrected chi connectivity index (χ1v) is 13.0. The zero-order valence-corrected chi connectivity index (χ0v) is 22.5. The van der Waals surface area contributed by atoms with Gasteiger partial charge in [0.15, 0.2) is 23.1 Å². The molecular weight excluding hydrogens is 501 g/mol. The van der Waals surface area contributed by atoms with E-state index in [1.807, 2.05) is 54.4 Å².